The second-order valence-corrected chi connectivity index (χ2v) is 6.67. The topological polar surface area (TPSA) is 147 Å². The van der Waals surface area contributed by atoms with E-state index in [9.17, 15) is 14.4 Å². The van der Waals surface area contributed by atoms with E-state index in [0.717, 1.165) is 35.0 Å². The Kier molecular flexibility index (Phi) is 8.04. The van der Waals surface area contributed by atoms with Gasteiger partial charge < -0.3 is 32.5 Å². The first-order valence-corrected chi connectivity index (χ1v) is 8.49. The summed E-state index contributed by atoms with van der Waals surface area (Å²) >= 11 is 0. The Bertz CT molecular complexity index is 381. The van der Waals surface area contributed by atoms with Crippen LogP contribution in [-0.2, 0) is 41.7 Å². The highest BCUT2D eigenvalue weighted by molar-refractivity contribution is 7.39. The summed E-state index contributed by atoms with van der Waals surface area (Å²) < 4.78 is 28.9. The first-order chi connectivity index (χ1) is 10.0. The predicted molar refractivity (Wildman–Crippen MR) is 70.2 cm³/mol. The zero-order valence-electron chi connectivity index (χ0n) is 12.5. The third-order valence-electron chi connectivity index (χ3n) is 1.95. The Hall–Kier alpha value is -1.14. The van der Waals surface area contributed by atoms with Crippen LogP contribution in [0.4, 0.5) is 0 Å². The highest BCUT2D eigenvalue weighted by atomic mass is 31.2. The van der Waals surface area contributed by atoms with Crippen molar-refractivity contribution in [2.24, 2.45) is 0 Å². The van der Waals surface area contributed by atoms with Crippen molar-refractivity contribution in [1.82, 2.24) is 0 Å². The second kappa shape index (κ2) is 8.48. The number of hydrogen-bond acceptors (Lipinski definition) is 11. The van der Waals surface area contributed by atoms with E-state index in [1.807, 2.05) is 0 Å². The van der Waals surface area contributed by atoms with Crippen molar-refractivity contribution < 1.29 is 51.4 Å². The van der Waals surface area contributed by atoms with Crippen LogP contribution in [-0.4, -0.2) is 56.3 Å². The lowest BCUT2D eigenvalue weighted by atomic mass is 10.9. The van der Waals surface area contributed by atoms with Gasteiger partial charge in [0, 0.05) is 35.0 Å². The smallest absolute Gasteiger partial charge is 0.451 e. The predicted octanol–water partition coefficient (Wildman–Crippen LogP) is -0.672. The minimum atomic E-state index is -4.85. The Balaban J connectivity index is 6.15. The molecule has 0 aliphatic carbocycles. The van der Waals surface area contributed by atoms with E-state index in [4.69, 9.17) is 32.5 Å². The summed E-state index contributed by atoms with van der Waals surface area (Å²) in [7, 11) is -6.06. The van der Waals surface area contributed by atoms with Gasteiger partial charge >= 0.3 is 23.0 Å². The number of methoxy groups -OCH3 is 2. The fraction of sp³-hybridized carbons (Fsp3) is 0.667. The van der Waals surface area contributed by atoms with Crippen molar-refractivity contribution in [3.05, 3.63) is 0 Å². The maximum atomic E-state index is 11.3. The lowest BCUT2D eigenvalue weighted by molar-refractivity contribution is -0.299. The Morgan fingerprint density at radius 1 is 0.864 bits per heavy atom. The molecule has 0 radical (unpaired) electrons. The van der Waals surface area contributed by atoms with Crippen molar-refractivity contribution in [3.8, 4) is 0 Å². The van der Waals surface area contributed by atoms with Crippen LogP contribution in [0.1, 0.15) is 20.8 Å². The zero-order valence-corrected chi connectivity index (χ0v) is 14.4. The molecule has 0 amide bonds. The molecule has 128 valence electrons. The lowest BCUT2D eigenvalue weighted by Gasteiger charge is -2.38. The fourth-order valence-electron chi connectivity index (χ4n) is 1.39. The average molecular weight is 360 g/mol. The summed E-state index contributed by atoms with van der Waals surface area (Å²) in [5.74, 6) is -3.05. The molecule has 0 aromatic heterocycles. The van der Waals surface area contributed by atoms with E-state index in [2.05, 4.69) is 4.52 Å². The minimum Gasteiger partial charge on any atom is -0.451 e. The summed E-state index contributed by atoms with van der Waals surface area (Å²) in [6.07, 6.45) is 0. The minimum absolute atomic E-state index is 0.936. The molecule has 0 bridgehead atoms. The van der Waals surface area contributed by atoms with E-state index >= 15 is 0 Å². The number of ether oxygens (including phenoxy) is 2. The highest BCUT2D eigenvalue weighted by Crippen LogP contribution is 2.40. The molecule has 0 atom stereocenters. The maximum absolute atomic E-state index is 11.3. The van der Waals surface area contributed by atoms with E-state index in [-0.39, 0.29) is 0 Å². The average Bonchev–Trinajstić information content (AvgIpc) is 2.32. The van der Waals surface area contributed by atoms with E-state index in [1.165, 1.54) is 0 Å². The van der Waals surface area contributed by atoms with Crippen molar-refractivity contribution in [2.45, 2.75) is 26.4 Å². The molecular formula is C9H17O11PSi. The zero-order chi connectivity index (χ0) is 17.6. The van der Waals surface area contributed by atoms with Crippen LogP contribution in [0.15, 0.2) is 0 Å². The van der Waals surface area contributed by atoms with Gasteiger partial charge in [-0.05, 0) is 0 Å². The molecule has 0 rings (SSSR count). The maximum Gasteiger partial charge on any atom is 0.801 e. The first-order valence-electron chi connectivity index (χ1n) is 5.60. The molecule has 2 N–H and O–H groups in total. The van der Waals surface area contributed by atoms with Crippen LogP contribution in [0, 0.1) is 0 Å². The Morgan fingerprint density at radius 2 is 1.18 bits per heavy atom. The van der Waals surface area contributed by atoms with Gasteiger partial charge in [-0.1, -0.05) is 0 Å². The molecule has 0 aliphatic rings. The third-order valence-corrected chi connectivity index (χ3v) is 5.45. The summed E-state index contributed by atoms with van der Waals surface area (Å²) in [5.41, 5.74) is -2.65. The quantitative estimate of drug-likeness (QED) is 0.322. The monoisotopic (exact) mass is 360 g/mol. The molecule has 0 spiro atoms. The van der Waals surface area contributed by atoms with E-state index in [1.54, 1.807) is 0 Å². The molecule has 0 aromatic carbocycles. The van der Waals surface area contributed by atoms with Crippen LogP contribution in [0.3, 0.4) is 0 Å². The molecule has 11 nitrogen and oxygen atoms in total. The van der Waals surface area contributed by atoms with Crippen molar-refractivity contribution in [2.75, 3.05) is 14.2 Å². The Labute approximate surface area is 128 Å². The third kappa shape index (κ3) is 5.25. The summed E-state index contributed by atoms with van der Waals surface area (Å²) in [6, 6.07) is 0. The fourth-order valence-corrected chi connectivity index (χ4v) is 4.58. The summed E-state index contributed by atoms with van der Waals surface area (Å²) in [5, 5.41) is 0. The largest absolute Gasteiger partial charge is 0.801 e. The van der Waals surface area contributed by atoms with Crippen LogP contribution in [0.5, 0.6) is 0 Å². The molecule has 0 aliphatic heterocycles. The van der Waals surface area contributed by atoms with E-state index < -0.39 is 40.9 Å². The van der Waals surface area contributed by atoms with Crippen molar-refractivity contribution >= 4 is 35.3 Å². The number of rotatable bonds is 8. The van der Waals surface area contributed by atoms with Gasteiger partial charge in [0.05, 0.1) is 0 Å². The first kappa shape index (κ1) is 20.9. The van der Waals surface area contributed by atoms with Crippen molar-refractivity contribution in [3.63, 3.8) is 0 Å². The van der Waals surface area contributed by atoms with Crippen LogP contribution < -0.4 is 0 Å². The van der Waals surface area contributed by atoms with Crippen LogP contribution >= 0.6 is 8.60 Å². The number of carbonyl (C=O) groups is 3. The summed E-state index contributed by atoms with van der Waals surface area (Å²) in [6.45, 7) is 2.81. The van der Waals surface area contributed by atoms with Gasteiger partial charge in [-0.2, -0.15) is 0 Å². The molecule has 0 aromatic rings. The molecule has 0 saturated heterocycles. The van der Waals surface area contributed by atoms with Crippen LogP contribution in [0.2, 0.25) is 0 Å². The number of hydrogen-bond donors (Lipinski definition) is 2. The van der Waals surface area contributed by atoms with Gasteiger partial charge in [0.25, 0.3) is 17.9 Å². The molecule has 22 heavy (non-hydrogen) atoms. The van der Waals surface area contributed by atoms with Gasteiger partial charge in [0.1, 0.15) is 0 Å². The molecule has 0 fully saturated rings. The van der Waals surface area contributed by atoms with Gasteiger partial charge in [0.15, 0.2) is 0 Å². The second-order valence-electron chi connectivity index (χ2n) is 3.65. The molecule has 0 unspecified atom stereocenters. The molecule has 13 heteroatoms. The van der Waals surface area contributed by atoms with Gasteiger partial charge in [0.2, 0.25) is 0 Å². The normalized spacial score (nSPS) is 12.0. The molecule has 0 heterocycles. The van der Waals surface area contributed by atoms with Gasteiger partial charge in [-0.15, -0.1) is 0 Å². The lowest BCUT2D eigenvalue weighted by Crippen LogP contribution is -2.69. The highest BCUT2D eigenvalue weighted by Gasteiger charge is 2.76. The van der Waals surface area contributed by atoms with E-state index in [0.29, 0.717) is 0 Å². The van der Waals surface area contributed by atoms with Gasteiger partial charge in [-0.3, -0.25) is 14.4 Å². The Morgan fingerprint density at radius 3 is 1.36 bits per heavy atom. The van der Waals surface area contributed by atoms with Crippen LogP contribution in [0.25, 0.3) is 0 Å². The van der Waals surface area contributed by atoms with Gasteiger partial charge in [-0.25, -0.2) is 4.52 Å². The standard InChI is InChI=1S/C9H17O11PSi/c1-6(10)17-22(18-7(2)11,19-8(3)12)9(15-4,16-5)20-21(13)14/h13-14H,1-5H3. The molecular weight excluding hydrogens is 343 g/mol. The number of carbonyl (C=O) groups excluding carboxylic acids is 3. The SMILES string of the molecule is COC(OC)(OP(O)O)[Si](OC(C)=O)(OC(C)=O)OC(C)=O. The summed E-state index contributed by atoms with van der Waals surface area (Å²) in [4.78, 5) is 52.1. The van der Waals surface area contributed by atoms with Crippen molar-refractivity contribution in [1.29, 1.82) is 0 Å². The molecule has 0 saturated carbocycles.